The van der Waals surface area contributed by atoms with Crippen LogP contribution in [0.4, 0.5) is 10.5 Å². The van der Waals surface area contributed by atoms with Crippen molar-refractivity contribution in [3.8, 4) is 5.75 Å². The lowest BCUT2D eigenvalue weighted by molar-refractivity contribution is -0.118. The lowest BCUT2D eigenvalue weighted by Gasteiger charge is -2.15. The zero-order valence-corrected chi connectivity index (χ0v) is 14.5. The Morgan fingerprint density at radius 1 is 1.12 bits per heavy atom. The lowest BCUT2D eigenvalue weighted by Crippen LogP contribution is -2.31. The van der Waals surface area contributed by atoms with Crippen LogP contribution in [0.5, 0.6) is 5.75 Å². The molecule has 0 aromatic heterocycles. The molecule has 2 rings (SSSR count). The quantitative estimate of drug-likeness (QED) is 0.704. The van der Waals surface area contributed by atoms with E-state index in [0.29, 0.717) is 16.5 Å². The second kappa shape index (κ2) is 8.94. The molecule has 1 atom stereocenters. The number of nitrogens with two attached hydrogens (primary N) is 1. The van der Waals surface area contributed by atoms with E-state index < -0.39 is 5.91 Å². The van der Waals surface area contributed by atoms with E-state index in [-0.39, 0.29) is 25.1 Å². The highest BCUT2D eigenvalue weighted by molar-refractivity contribution is 6.30. The number of primary amides is 1. The largest absolute Gasteiger partial charge is 0.493 e. The Morgan fingerprint density at radius 2 is 1.76 bits per heavy atom. The molecule has 7 heteroatoms. The van der Waals surface area contributed by atoms with Crippen LogP contribution in [0.2, 0.25) is 5.02 Å². The van der Waals surface area contributed by atoms with Gasteiger partial charge in [0.25, 0.3) is 0 Å². The second-order valence-corrected chi connectivity index (χ2v) is 5.90. The summed E-state index contributed by atoms with van der Waals surface area (Å²) in [6, 6.07) is 13.7. The molecule has 0 bridgehead atoms. The van der Waals surface area contributed by atoms with Crippen LogP contribution in [-0.4, -0.2) is 18.5 Å². The summed E-state index contributed by atoms with van der Waals surface area (Å²) < 4.78 is 5.37. The molecule has 0 aliphatic carbocycles. The van der Waals surface area contributed by atoms with Crippen LogP contribution in [0.1, 0.15) is 24.9 Å². The molecular weight excluding hydrogens is 342 g/mol. The first kappa shape index (κ1) is 18.6. The standard InChI is InChI=1S/C18H20ClN3O3/c1-12(13-2-4-14(19)5-3-13)21-18(24)22-15-6-8-16(9-7-15)25-11-10-17(20)23/h2-9,12H,10-11H2,1H3,(H2,20,23)(H2,21,22,24). The Kier molecular flexibility index (Phi) is 6.65. The monoisotopic (exact) mass is 361 g/mol. The summed E-state index contributed by atoms with van der Waals surface area (Å²) >= 11 is 5.86. The summed E-state index contributed by atoms with van der Waals surface area (Å²) in [7, 11) is 0. The molecular formula is C18H20ClN3O3. The summed E-state index contributed by atoms with van der Waals surface area (Å²) in [5.74, 6) is 0.187. The molecule has 0 radical (unpaired) electrons. The second-order valence-electron chi connectivity index (χ2n) is 5.46. The predicted molar refractivity (Wildman–Crippen MR) is 97.8 cm³/mol. The Morgan fingerprint density at radius 3 is 2.36 bits per heavy atom. The fourth-order valence-corrected chi connectivity index (χ4v) is 2.23. The molecule has 3 amide bonds. The maximum Gasteiger partial charge on any atom is 0.319 e. The summed E-state index contributed by atoms with van der Waals surface area (Å²) in [6.45, 7) is 2.11. The molecule has 4 N–H and O–H groups in total. The van der Waals surface area contributed by atoms with Gasteiger partial charge in [-0.3, -0.25) is 4.79 Å². The Labute approximate surface area is 151 Å². The predicted octanol–water partition coefficient (Wildman–Crippen LogP) is 3.48. The van der Waals surface area contributed by atoms with Crippen LogP contribution in [0.25, 0.3) is 0 Å². The first-order valence-corrected chi connectivity index (χ1v) is 8.16. The smallest absolute Gasteiger partial charge is 0.319 e. The van der Waals surface area contributed by atoms with E-state index in [1.807, 2.05) is 19.1 Å². The van der Waals surface area contributed by atoms with Crippen molar-refractivity contribution < 1.29 is 14.3 Å². The Bertz CT molecular complexity index is 717. The van der Waals surface area contributed by atoms with Gasteiger partial charge in [-0.15, -0.1) is 0 Å². The first-order chi connectivity index (χ1) is 11.9. The maximum absolute atomic E-state index is 12.1. The number of hydrogen-bond donors (Lipinski definition) is 3. The normalized spacial score (nSPS) is 11.4. The zero-order valence-electron chi connectivity index (χ0n) is 13.8. The van der Waals surface area contributed by atoms with Crippen molar-refractivity contribution >= 4 is 29.2 Å². The van der Waals surface area contributed by atoms with E-state index in [1.54, 1.807) is 36.4 Å². The molecule has 0 heterocycles. The lowest BCUT2D eigenvalue weighted by atomic mass is 10.1. The van der Waals surface area contributed by atoms with Gasteiger partial charge in [0.2, 0.25) is 5.91 Å². The minimum absolute atomic E-state index is 0.158. The van der Waals surface area contributed by atoms with Crippen LogP contribution in [-0.2, 0) is 4.79 Å². The number of amides is 3. The molecule has 1 unspecified atom stereocenters. The summed E-state index contributed by atoms with van der Waals surface area (Å²) in [5.41, 5.74) is 6.63. The highest BCUT2D eigenvalue weighted by Crippen LogP contribution is 2.18. The number of urea groups is 1. The molecule has 6 nitrogen and oxygen atoms in total. The molecule has 0 spiro atoms. The average molecular weight is 362 g/mol. The highest BCUT2D eigenvalue weighted by Gasteiger charge is 2.09. The van der Waals surface area contributed by atoms with Gasteiger partial charge in [0.05, 0.1) is 19.1 Å². The van der Waals surface area contributed by atoms with Gasteiger partial charge in [-0.25, -0.2) is 4.79 Å². The highest BCUT2D eigenvalue weighted by atomic mass is 35.5. The van der Waals surface area contributed by atoms with Gasteiger partial charge < -0.3 is 21.1 Å². The van der Waals surface area contributed by atoms with E-state index in [1.165, 1.54) is 0 Å². The van der Waals surface area contributed by atoms with Crippen LogP contribution in [0.3, 0.4) is 0 Å². The zero-order chi connectivity index (χ0) is 18.2. The van der Waals surface area contributed by atoms with Gasteiger partial charge in [-0.2, -0.15) is 0 Å². The van der Waals surface area contributed by atoms with Gasteiger partial charge in [0.1, 0.15) is 5.75 Å². The average Bonchev–Trinajstić information content (AvgIpc) is 2.56. The third kappa shape index (κ3) is 6.35. The van der Waals surface area contributed by atoms with Crippen molar-refractivity contribution in [2.45, 2.75) is 19.4 Å². The van der Waals surface area contributed by atoms with Crippen LogP contribution >= 0.6 is 11.6 Å². The van der Waals surface area contributed by atoms with Crippen molar-refractivity contribution in [1.82, 2.24) is 5.32 Å². The number of halogens is 1. The molecule has 0 aliphatic rings. The number of rotatable bonds is 7. The summed E-state index contributed by atoms with van der Waals surface area (Å²) in [6.07, 6.45) is 0.158. The van der Waals surface area contributed by atoms with Crippen molar-refractivity contribution in [3.63, 3.8) is 0 Å². The van der Waals surface area contributed by atoms with Crippen molar-refractivity contribution in [3.05, 3.63) is 59.1 Å². The Balaban J connectivity index is 1.83. The van der Waals surface area contributed by atoms with E-state index in [4.69, 9.17) is 22.1 Å². The van der Waals surface area contributed by atoms with E-state index in [0.717, 1.165) is 5.56 Å². The molecule has 25 heavy (non-hydrogen) atoms. The van der Waals surface area contributed by atoms with Gasteiger partial charge in [0.15, 0.2) is 0 Å². The number of hydrogen-bond acceptors (Lipinski definition) is 3. The third-order valence-electron chi connectivity index (χ3n) is 3.45. The third-order valence-corrected chi connectivity index (χ3v) is 3.70. The van der Waals surface area contributed by atoms with Crippen molar-refractivity contribution in [2.24, 2.45) is 5.73 Å². The van der Waals surface area contributed by atoms with Crippen molar-refractivity contribution in [1.29, 1.82) is 0 Å². The van der Waals surface area contributed by atoms with Crippen LogP contribution in [0.15, 0.2) is 48.5 Å². The van der Waals surface area contributed by atoms with Gasteiger partial charge >= 0.3 is 6.03 Å². The van der Waals surface area contributed by atoms with E-state index in [2.05, 4.69) is 10.6 Å². The topological polar surface area (TPSA) is 93.4 Å². The molecule has 2 aromatic carbocycles. The number of carbonyl (C=O) groups excluding carboxylic acids is 2. The van der Waals surface area contributed by atoms with Gasteiger partial charge in [0, 0.05) is 10.7 Å². The number of benzene rings is 2. The first-order valence-electron chi connectivity index (χ1n) is 7.78. The molecule has 0 saturated carbocycles. The number of nitrogens with one attached hydrogen (secondary N) is 2. The molecule has 0 aliphatic heterocycles. The number of ether oxygens (including phenoxy) is 1. The fourth-order valence-electron chi connectivity index (χ4n) is 2.10. The number of carbonyl (C=O) groups is 2. The minimum Gasteiger partial charge on any atom is -0.493 e. The SMILES string of the molecule is CC(NC(=O)Nc1ccc(OCCC(N)=O)cc1)c1ccc(Cl)cc1. The molecule has 132 valence electrons. The number of anilines is 1. The fraction of sp³-hybridized carbons (Fsp3) is 0.222. The van der Waals surface area contributed by atoms with Crippen LogP contribution < -0.4 is 21.1 Å². The van der Waals surface area contributed by atoms with Gasteiger partial charge in [-0.05, 0) is 48.9 Å². The van der Waals surface area contributed by atoms with E-state index >= 15 is 0 Å². The summed E-state index contributed by atoms with van der Waals surface area (Å²) in [4.78, 5) is 22.7. The van der Waals surface area contributed by atoms with Gasteiger partial charge in [-0.1, -0.05) is 23.7 Å². The van der Waals surface area contributed by atoms with Crippen molar-refractivity contribution in [2.75, 3.05) is 11.9 Å². The van der Waals surface area contributed by atoms with Crippen LogP contribution in [0, 0.1) is 0 Å². The Hall–Kier alpha value is -2.73. The molecule has 0 saturated heterocycles. The maximum atomic E-state index is 12.1. The molecule has 0 fully saturated rings. The molecule has 2 aromatic rings. The van der Waals surface area contributed by atoms with E-state index in [9.17, 15) is 9.59 Å². The summed E-state index contributed by atoms with van der Waals surface area (Å²) in [5, 5.41) is 6.25. The minimum atomic E-state index is -0.412.